The Morgan fingerprint density at radius 1 is 0.778 bits per heavy atom. The lowest BCUT2D eigenvalue weighted by atomic mass is 10.4. The van der Waals surface area contributed by atoms with Crippen molar-refractivity contribution >= 4 is 35.1 Å². The molecule has 2 aromatic rings. The van der Waals surface area contributed by atoms with Gasteiger partial charge in [-0.25, -0.2) is 0 Å². The van der Waals surface area contributed by atoms with Crippen LogP contribution in [0.5, 0.6) is 0 Å². The second kappa shape index (κ2) is 6.05. The molecule has 0 amide bonds. The van der Waals surface area contributed by atoms with Crippen LogP contribution in [0.2, 0.25) is 5.02 Å². The van der Waals surface area contributed by atoms with Gasteiger partial charge in [0.1, 0.15) is 0 Å². The van der Waals surface area contributed by atoms with Gasteiger partial charge in [-0.3, -0.25) is 0 Å². The molecule has 94 valence electrons. The average molecular weight is 295 g/mol. The summed E-state index contributed by atoms with van der Waals surface area (Å²) in [6, 6.07) is 18.5. The Morgan fingerprint density at radius 2 is 1.28 bits per heavy atom. The lowest BCUT2D eigenvalue weighted by Crippen LogP contribution is -2.07. The van der Waals surface area contributed by atoms with Gasteiger partial charge in [0.2, 0.25) is 0 Å². The van der Waals surface area contributed by atoms with Crippen molar-refractivity contribution in [1.82, 2.24) is 0 Å². The molecule has 0 atom stereocenters. The van der Waals surface area contributed by atoms with Crippen LogP contribution in [-0.2, 0) is 0 Å². The molecule has 0 nitrogen and oxygen atoms in total. The molecular formula is C15H15ClS2. The van der Waals surface area contributed by atoms with Crippen molar-refractivity contribution in [3.63, 3.8) is 0 Å². The summed E-state index contributed by atoms with van der Waals surface area (Å²) in [6.07, 6.45) is 0. The second-order valence-electron chi connectivity index (χ2n) is 4.37. The monoisotopic (exact) mass is 294 g/mol. The molecule has 0 unspecified atom stereocenters. The molecule has 0 saturated carbocycles. The van der Waals surface area contributed by atoms with Crippen LogP contribution in [0.4, 0.5) is 0 Å². The Hall–Kier alpha value is -0.570. The van der Waals surface area contributed by atoms with Crippen LogP contribution < -0.4 is 0 Å². The van der Waals surface area contributed by atoms with Gasteiger partial charge in [0.25, 0.3) is 0 Å². The van der Waals surface area contributed by atoms with Crippen molar-refractivity contribution in [2.75, 3.05) is 0 Å². The minimum absolute atomic E-state index is 0.0924. The fourth-order valence-corrected chi connectivity index (χ4v) is 4.15. The first-order valence-electron chi connectivity index (χ1n) is 5.74. The number of halogens is 1. The molecule has 0 aliphatic heterocycles. The quantitative estimate of drug-likeness (QED) is 0.504. The van der Waals surface area contributed by atoms with E-state index in [1.54, 1.807) is 0 Å². The highest BCUT2D eigenvalue weighted by Gasteiger charge is 2.20. The maximum atomic E-state index is 5.90. The van der Waals surface area contributed by atoms with Crippen molar-refractivity contribution in [3.05, 3.63) is 59.6 Å². The third kappa shape index (κ3) is 4.27. The maximum Gasteiger partial charge on any atom is 0.0649 e. The minimum Gasteiger partial charge on any atom is -0.109 e. The van der Waals surface area contributed by atoms with Crippen LogP contribution in [0.25, 0.3) is 0 Å². The summed E-state index contributed by atoms with van der Waals surface area (Å²) in [5.74, 6) is 0. The van der Waals surface area contributed by atoms with E-state index in [9.17, 15) is 0 Å². The average Bonchev–Trinajstić information content (AvgIpc) is 2.32. The van der Waals surface area contributed by atoms with Crippen LogP contribution in [0.15, 0.2) is 64.4 Å². The van der Waals surface area contributed by atoms with E-state index in [4.69, 9.17) is 11.6 Å². The molecule has 0 aliphatic carbocycles. The Morgan fingerprint density at radius 3 is 1.83 bits per heavy atom. The zero-order chi connectivity index (χ0) is 13.0. The molecule has 0 aromatic heterocycles. The molecule has 0 spiro atoms. The SMILES string of the molecule is CC(C)(Sc1ccccc1)Sc1ccc(Cl)cc1. The summed E-state index contributed by atoms with van der Waals surface area (Å²) in [5.41, 5.74) is 0. The van der Waals surface area contributed by atoms with Crippen molar-refractivity contribution in [1.29, 1.82) is 0 Å². The van der Waals surface area contributed by atoms with Gasteiger partial charge >= 0.3 is 0 Å². The summed E-state index contributed by atoms with van der Waals surface area (Å²) in [6.45, 7) is 4.48. The van der Waals surface area contributed by atoms with Gasteiger partial charge in [-0.15, -0.1) is 23.5 Å². The molecule has 0 radical (unpaired) electrons. The fourth-order valence-electron chi connectivity index (χ4n) is 1.58. The van der Waals surface area contributed by atoms with E-state index < -0.39 is 0 Å². The number of benzene rings is 2. The first kappa shape index (κ1) is 13.9. The van der Waals surface area contributed by atoms with Gasteiger partial charge < -0.3 is 0 Å². The van der Waals surface area contributed by atoms with E-state index in [-0.39, 0.29) is 4.08 Å². The van der Waals surface area contributed by atoms with Gasteiger partial charge in [-0.05, 0) is 50.2 Å². The lowest BCUT2D eigenvalue weighted by Gasteiger charge is -2.23. The summed E-state index contributed by atoms with van der Waals surface area (Å²) in [4.78, 5) is 2.54. The van der Waals surface area contributed by atoms with E-state index in [0.29, 0.717) is 0 Å². The Balaban J connectivity index is 2.05. The summed E-state index contributed by atoms with van der Waals surface area (Å²) >= 11 is 9.63. The lowest BCUT2D eigenvalue weighted by molar-refractivity contribution is 1.02. The molecule has 2 aromatic carbocycles. The highest BCUT2D eigenvalue weighted by atomic mass is 35.5. The molecule has 18 heavy (non-hydrogen) atoms. The molecule has 0 N–H and O–H groups in total. The number of hydrogen-bond donors (Lipinski definition) is 0. The summed E-state index contributed by atoms with van der Waals surface area (Å²) in [7, 11) is 0. The van der Waals surface area contributed by atoms with Crippen LogP contribution in [0.3, 0.4) is 0 Å². The predicted molar refractivity (Wildman–Crippen MR) is 83.7 cm³/mol. The van der Waals surface area contributed by atoms with Crippen LogP contribution >= 0.6 is 35.1 Å². The van der Waals surface area contributed by atoms with Crippen molar-refractivity contribution in [2.24, 2.45) is 0 Å². The molecule has 2 rings (SSSR count). The van der Waals surface area contributed by atoms with Crippen molar-refractivity contribution in [3.8, 4) is 0 Å². The summed E-state index contributed by atoms with van der Waals surface area (Å²) in [5, 5.41) is 0.785. The fraction of sp³-hybridized carbons (Fsp3) is 0.200. The van der Waals surface area contributed by atoms with E-state index in [1.807, 2.05) is 41.7 Å². The molecular weight excluding hydrogens is 280 g/mol. The first-order chi connectivity index (χ1) is 8.55. The number of thioether (sulfide) groups is 2. The molecule has 0 aliphatic rings. The van der Waals surface area contributed by atoms with E-state index in [0.717, 1.165) is 5.02 Å². The molecule has 0 saturated heterocycles. The topological polar surface area (TPSA) is 0 Å². The standard InChI is InChI=1S/C15H15ClS2/c1-15(2,17-13-6-4-3-5-7-13)18-14-10-8-12(16)9-11-14/h3-11H,1-2H3. The number of hydrogen-bond acceptors (Lipinski definition) is 2. The highest BCUT2D eigenvalue weighted by Crippen LogP contribution is 2.44. The third-order valence-electron chi connectivity index (χ3n) is 2.28. The number of rotatable bonds is 4. The largest absolute Gasteiger partial charge is 0.109 e. The first-order valence-corrected chi connectivity index (χ1v) is 7.75. The van der Waals surface area contributed by atoms with E-state index in [2.05, 4.69) is 50.2 Å². The van der Waals surface area contributed by atoms with Gasteiger partial charge in [0.15, 0.2) is 0 Å². The smallest absolute Gasteiger partial charge is 0.0649 e. The van der Waals surface area contributed by atoms with Gasteiger partial charge in [0, 0.05) is 14.8 Å². The van der Waals surface area contributed by atoms with Gasteiger partial charge in [0.05, 0.1) is 4.08 Å². The highest BCUT2D eigenvalue weighted by molar-refractivity contribution is 8.18. The Labute approximate surface area is 122 Å². The Bertz CT molecular complexity index is 492. The molecule has 3 heteroatoms. The second-order valence-corrected chi connectivity index (χ2v) is 8.46. The molecule has 0 bridgehead atoms. The molecule has 0 heterocycles. The van der Waals surface area contributed by atoms with E-state index >= 15 is 0 Å². The van der Waals surface area contributed by atoms with Crippen LogP contribution in [0.1, 0.15) is 13.8 Å². The predicted octanol–water partition coefficient (Wildman–Crippen LogP) is 5.96. The van der Waals surface area contributed by atoms with Crippen LogP contribution in [-0.4, -0.2) is 4.08 Å². The molecule has 0 fully saturated rings. The third-order valence-corrected chi connectivity index (χ3v) is 5.04. The maximum absolute atomic E-state index is 5.90. The normalized spacial score (nSPS) is 11.5. The minimum atomic E-state index is 0.0924. The van der Waals surface area contributed by atoms with Crippen molar-refractivity contribution in [2.45, 2.75) is 27.7 Å². The Kier molecular flexibility index (Phi) is 4.66. The van der Waals surface area contributed by atoms with Gasteiger partial charge in [-0.1, -0.05) is 29.8 Å². The van der Waals surface area contributed by atoms with Crippen molar-refractivity contribution < 1.29 is 0 Å². The van der Waals surface area contributed by atoms with Crippen LogP contribution in [0, 0.1) is 0 Å². The summed E-state index contributed by atoms with van der Waals surface area (Å²) < 4.78 is 0.0924. The van der Waals surface area contributed by atoms with E-state index in [1.165, 1.54) is 9.79 Å². The zero-order valence-corrected chi connectivity index (χ0v) is 12.8. The zero-order valence-electron chi connectivity index (χ0n) is 10.4. The van der Waals surface area contributed by atoms with Gasteiger partial charge in [-0.2, -0.15) is 0 Å².